The third-order valence-electron chi connectivity index (χ3n) is 6.50. The first-order valence-electron chi connectivity index (χ1n) is 12.9. The fourth-order valence-electron chi connectivity index (χ4n) is 4.51. The van der Waals surface area contributed by atoms with Crippen LogP contribution in [0.3, 0.4) is 0 Å². The minimum atomic E-state index is -0.220. The van der Waals surface area contributed by atoms with Gasteiger partial charge in [-0.25, -0.2) is 0 Å². The molecule has 3 aromatic carbocycles. The van der Waals surface area contributed by atoms with Gasteiger partial charge in [0.05, 0.1) is 6.54 Å². The molecule has 0 spiro atoms. The van der Waals surface area contributed by atoms with Crippen LogP contribution in [0.25, 0.3) is 0 Å². The number of para-hydroxylation sites is 1. The van der Waals surface area contributed by atoms with E-state index in [2.05, 4.69) is 10.6 Å². The maximum absolute atomic E-state index is 13.0. The highest BCUT2D eigenvalue weighted by molar-refractivity contribution is 6.06. The Bertz CT molecular complexity index is 1200. The molecule has 192 valence electrons. The van der Waals surface area contributed by atoms with Crippen molar-refractivity contribution in [2.75, 3.05) is 41.7 Å². The Hall–Kier alpha value is -4.13. The van der Waals surface area contributed by atoms with Crippen LogP contribution in [-0.4, -0.2) is 48.8 Å². The molecular weight excluding hydrogens is 464 g/mol. The third-order valence-corrected chi connectivity index (χ3v) is 6.50. The molecule has 0 bridgehead atoms. The van der Waals surface area contributed by atoms with E-state index in [-0.39, 0.29) is 24.3 Å². The first-order chi connectivity index (χ1) is 18.0. The average molecular weight is 499 g/mol. The molecule has 0 aliphatic carbocycles. The normalized spacial score (nSPS) is 13.4. The van der Waals surface area contributed by atoms with E-state index in [1.165, 1.54) is 12.8 Å². The van der Waals surface area contributed by atoms with E-state index < -0.39 is 0 Å². The number of rotatable bonds is 8. The van der Waals surface area contributed by atoms with Crippen LogP contribution in [0.4, 0.5) is 17.1 Å². The van der Waals surface area contributed by atoms with Gasteiger partial charge in [0.15, 0.2) is 0 Å². The van der Waals surface area contributed by atoms with Gasteiger partial charge in [-0.05, 0) is 74.4 Å². The highest BCUT2D eigenvalue weighted by Crippen LogP contribution is 2.19. The number of anilines is 3. The molecule has 2 N–H and O–H groups in total. The van der Waals surface area contributed by atoms with Gasteiger partial charge in [-0.3, -0.25) is 14.4 Å². The van der Waals surface area contributed by atoms with E-state index in [0.29, 0.717) is 23.4 Å². The molecular formula is C30H34N4O3. The summed E-state index contributed by atoms with van der Waals surface area (Å²) in [5, 5.41) is 5.95. The van der Waals surface area contributed by atoms with Crippen molar-refractivity contribution in [2.24, 2.45) is 0 Å². The first-order valence-corrected chi connectivity index (χ1v) is 12.9. The molecule has 0 atom stereocenters. The third kappa shape index (κ3) is 6.97. The standard InChI is InChI=1S/C30H34N4O3/c1-2-34(27-13-6-5-7-14-27)30(37)23-15-17-25(18-16-23)32-28(35)22-31-26-12-10-11-24(21-26)29(36)33-19-8-3-4-9-20-33/h5-7,10-18,21,31H,2-4,8-9,19-20,22H2,1H3,(H,32,35). The van der Waals surface area contributed by atoms with Crippen molar-refractivity contribution in [1.29, 1.82) is 0 Å². The van der Waals surface area contributed by atoms with Crippen molar-refractivity contribution in [3.05, 3.63) is 90.0 Å². The van der Waals surface area contributed by atoms with Crippen LogP contribution in [0, 0.1) is 0 Å². The van der Waals surface area contributed by atoms with Crippen molar-refractivity contribution in [2.45, 2.75) is 32.6 Å². The number of nitrogens with zero attached hydrogens (tertiary/aromatic N) is 2. The largest absolute Gasteiger partial charge is 0.376 e. The maximum atomic E-state index is 13.0. The smallest absolute Gasteiger partial charge is 0.258 e. The Labute approximate surface area is 218 Å². The zero-order valence-corrected chi connectivity index (χ0v) is 21.3. The van der Waals surface area contributed by atoms with Crippen LogP contribution in [0.5, 0.6) is 0 Å². The summed E-state index contributed by atoms with van der Waals surface area (Å²) < 4.78 is 0. The van der Waals surface area contributed by atoms with Crippen LogP contribution in [0.2, 0.25) is 0 Å². The lowest BCUT2D eigenvalue weighted by atomic mass is 10.1. The van der Waals surface area contributed by atoms with Crippen LogP contribution < -0.4 is 15.5 Å². The van der Waals surface area contributed by atoms with E-state index in [1.807, 2.05) is 60.4 Å². The summed E-state index contributed by atoms with van der Waals surface area (Å²) in [6.07, 6.45) is 4.43. The molecule has 7 nitrogen and oxygen atoms in total. The summed E-state index contributed by atoms with van der Waals surface area (Å²) in [7, 11) is 0. The molecule has 37 heavy (non-hydrogen) atoms. The number of nitrogens with one attached hydrogen (secondary N) is 2. The number of amides is 3. The second-order valence-electron chi connectivity index (χ2n) is 9.15. The van der Waals surface area contributed by atoms with E-state index in [0.717, 1.165) is 37.3 Å². The molecule has 3 aromatic rings. The average Bonchev–Trinajstić information content (AvgIpc) is 3.23. The predicted octanol–water partition coefficient (Wildman–Crippen LogP) is 5.42. The Balaban J connectivity index is 1.31. The van der Waals surface area contributed by atoms with E-state index in [1.54, 1.807) is 35.2 Å². The summed E-state index contributed by atoms with van der Waals surface area (Å²) in [6, 6.07) is 23.7. The highest BCUT2D eigenvalue weighted by atomic mass is 16.2. The Kier molecular flexibility index (Phi) is 8.92. The fraction of sp³-hybridized carbons (Fsp3) is 0.300. The molecule has 7 heteroatoms. The first kappa shape index (κ1) is 25.9. The predicted molar refractivity (Wildman–Crippen MR) is 148 cm³/mol. The van der Waals surface area contributed by atoms with Gasteiger partial charge in [-0.2, -0.15) is 0 Å². The minimum Gasteiger partial charge on any atom is -0.376 e. The number of hydrogen-bond acceptors (Lipinski definition) is 4. The molecule has 1 aliphatic heterocycles. The Morgan fingerprint density at radius 3 is 2.16 bits per heavy atom. The lowest BCUT2D eigenvalue weighted by Crippen LogP contribution is -2.31. The number of benzene rings is 3. The summed E-state index contributed by atoms with van der Waals surface area (Å²) >= 11 is 0. The van der Waals surface area contributed by atoms with Crippen LogP contribution in [0.15, 0.2) is 78.9 Å². The molecule has 1 heterocycles. The van der Waals surface area contributed by atoms with Gasteiger partial charge in [0.1, 0.15) is 0 Å². The van der Waals surface area contributed by atoms with Gasteiger partial charge in [-0.15, -0.1) is 0 Å². The SMILES string of the molecule is CCN(C(=O)c1ccc(NC(=O)CNc2cccc(C(=O)N3CCCCCC3)c2)cc1)c1ccccc1. The van der Waals surface area contributed by atoms with E-state index in [4.69, 9.17) is 0 Å². The van der Waals surface area contributed by atoms with Gasteiger partial charge in [0, 0.05) is 47.8 Å². The maximum Gasteiger partial charge on any atom is 0.258 e. The molecule has 0 unspecified atom stereocenters. The second kappa shape index (κ2) is 12.7. The van der Waals surface area contributed by atoms with Crippen LogP contribution in [0.1, 0.15) is 53.3 Å². The van der Waals surface area contributed by atoms with Gasteiger partial charge in [-0.1, -0.05) is 37.1 Å². The van der Waals surface area contributed by atoms with E-state index in [9.17, 15) is 14.4 Å². The van der Waals surface area contributed by atoms with Gasteiger partial charge < -0.3 is 20.4 Å². The Morgan fingerprint density at radius 2 is 1.49 bits per heavy atom. The fourth-order valence-corrected chi connectivity index (χ4v) is 4.51. The minimum absolute atomic E-state index is 0.0403. The quantitative estimate of drug-likeness (QED) is 0.435. The lowest BCUT2D eigenvalue weighted by Gasteiger charge is -2.21. The zero-order chi connectivity index (χ0) is 26.0. The molecule has 0 aromatic heterocycles. The molecule has 3 amide bonds. The lowest BCUT2D eigenvalue weighted by molar-refractivity contribution is -0.114. The number of carbonyl (C=O) groups excluding carboxylic acids is 3. The topological polar surface area (TPSA) is 81.8 Å². The zero-order valence-electron chi connectivity index (χ0n) is 21.3. The molecule has 1 saturated heterocycles. The molecule has 1 aliphatic rings. The Morgan fingerprint density at radius 1 is 0.784 bits per heavy atom. The summed E-state index contributed by atoms with van der Waals surface area (Å²) in [5.74, 6) is -0.274. The second-order valence-corrected chi connectivity index (χ2v) is 9.15. The molecule has 4 rings (SSSR count). The van der Waals surface area contributed by atoms with Crippen molar-refractivity contribution < 1.29 is 14.4 Å². The van der Waals surface area contributed by atoms with Crippen molar-refractivity contribution in [3.63, 3.8) is 0 Å². The number of hydrogen-bond donors (Lipinski definition) is 2. The van der Waals surface area contributed by atoms with Gasteiger partial charge in [0.2, 0.25) is 5.91 Å². The molecule has 0 radical (unpaired) electrons. The molecule has 1 fully saturated rings. The van der Waals surface area contributed by atoms with Gasteiger partial charge in [0.25, 0.3) is 11.8 Å². The monoisotopic (exact) mass is 498 g/mol. The van der Waals surface area contributed by atoms with Crippen molar-refractivity contribution >= 4 is 34.8 Å². The van der Waals surface area contributed by atoms with Crippen LogP contribution in [-0.2, 0) is 4.79 Å². The van der Waals surface area contributed by atoms with Crippen molar-refractivity contribution in [3.8, 4) is 0 Å². The number of carbonyl (C=O) groups is 3. The van der Waals surface area contributed by atoms with E-state index >= 15 is 0 Å². The summed E-state index contributed by atoms with van der Waals surface area (Å²) in [5.41, 5.74) is 3.35. The number of likely N-dealkylation sites (tertiary alicyclic amines) is 1. The highest BCUT2D eigenvalue weighted by Gasteiger charge is 2.18. The molecule has 0 saturated carbocycles. The summed E-state index contributed by atoms with van der Waals surface area (Å²) in [4.78, 5) is 42.0. The summed E-state index contributed by atoms with van der Waals surface area (Å²) in [6.45, 7) is 4.14. The van der Waals surface area contributed by atoms with Crippen molar-refractivity contribution in [1.82, 2.24) is 4.90 Å². The van der Waals surface area contributed by atoms with Crippen LogP contribution >= 0.6 is 0 Å². The van der Waals surface area contributed by atoms with Gasteiger partial charge >= 0.3 is 0 Å².